The largest absolute Gasteiger partial charge is 0.497 e. The maximum atomic E-state index is 13.4. The van der Waals surface area contributed by atoms with Crippen LogP contribution in [0.4, 0.5) is 0 Å². The zero-order chi connectivity index (χ0) is 23.4. The smallest absolute Gasteiger partial charge is 0.266 e. The van der Waals surface area contributed by atoms with Crippen molar-refractivity contribution in [3.63, 3.8) is 0 Å². The van der Waals surface area contributed by atoms with Crippen molar-refractivity contribution in [3.8, 4) is 11.4 Å². The van der Waals surface area contributed by atoms with Gasteiger partial charge in [-0.05, 0) is 54.4 Å². The number of amides is 1. The number of ether oxygens (including phenoxy) is 1. The predicted octanol–water partition coefficient (Wildman–Crippen LogP) is 4.76. The lowest BCUT2D eigenvalue weighted by Gasteiger charge is -2.15. The van der Waals surface area contributed by atoms with E-state index in [1.165, 1.54) is 16.3 Å². The molecule has 1 amide bonds. The molecule has 1 heterocycles. The number of carbonyl (C=O) groups is 1. The van der Waals surface area contributed by atoms with Crippen molar-refractivity contribution in [2.45, 2.75) is 18.6 Å². The molecule has 3 aromatic carbocycles. The second kappa shape index (κ2) is 10.1. The number of aromatic nitrogens is 2. The molecule has 1 aromatic heterocycles. The van der Waals surface area contributed by atoms with Gasteiger partial charge in [0, 0.05) is 11.6 Å². The van der Waals surface area contributed by atoms with Crippen LogP contribution in [0.5, 0.6) is 5.75 Å². The van der Waals surface area contributed by atoms with Gasteiger partial charge in [-0.25, -0.2) is 4.98 Å². The van der Waals surface area contributed by atoms with Crippen molar-refractivity contribution < 1.29 is 9.53 Å². The zero-order valence-corrected chi connectivity index (χ0v) is 19.7. The third-order valence-corrected chi connectivity index (χ3v) is 6.53. The Labute approximate surface area is 200 Å². The number of para-hydroxylation sites is 1. The Hall–Kier alpha value is -3.29. The zero-order valence-electron chi connectivity index (χ0n) is 18.2. The fourth-order valence-electron chi connectivity index (χ4n) is 3.42. The number of methoxy groups -OCH3 is 1. The van der Waals surface area contributed by atoms with E-state index < -0.39 is 0 Å². The monoisotopic (exact) mass is 479 g/mol. The van der Waals surface area contributed by atoms with Gasteiger partial charge in [-0.1, -0.05) is 53.7 Å². The summed E-state index contributed by atoms with van der Waals surface area (Å²) in [6.45, 7) is 2.23. The van der Waals surface area contributed by atoms with Crippen LogP contribution >= 0.6 is 23.4 Å². The van der Waals surface area contributed by atoms with Crippen molar-refractivity contribution in [1.82, 2.24) is 14.9 Å². The minimum atomic E-state index is -0.203. The molecule has 0 aliphatic heterocycles. The second-order valence-electron chi connectivity index (χ2n) is 7.35. The highest BCUT2D eigenvalue weighted by atomic mass is 35.5. The molecule has 33 heavy (non-hydrogen) atoms. The average molecular weight is 480 g/mol. The van der Waals surface area contributed by atoms with Gasteiger partial charge in [0.25, 0.3) is 5.56 Å². The lowest BCUT2D eigenvalue weighted by atomic mass is 10.2. The summed E-state index contributed by atoms with van der Waals surface area (Å²) in [7, 11) is 1.60. The molecule has 0 bridgehead atoms. The predicted molar refractivity (Wildman–Crippen MR) is 133 cm³/mol. The van der Waals surface area contributed by atoms with E-state index in [1.807, 2.05) is 43.3 Å². The normalized spacial score (nSPS) is 10.9. The Bertz CT molecular complexity index is 1390. The van der Waals surface area contributed by atoms with Crippen molar-refractivity contribution in [1.29, 1.82) is 0 Å². The van der Waals surface area contributed by atoms with Gasteiger partial charge in [-0.2, -0.15) is 0 Å². The molecule has 0 radical (unpaired) electrons. The number of hydrogen-bond donors (Lipinski definition) is 1. The first-order chi connectivity index (χ1) is 16.0. The average Bonchev–Trinajstić information content (AvgIpc) is 2.84. The van der Waals surface area contributed by atoms with Crippen molar-refractivity contribution in [2.75, 3.05) is 12.9 Å². The van der Waals surface area contributed by atoms with Gasteiger partial charge in [0.05, 0.1) is 29.5 Å². The third-order valence-electron chi connectivity index (χ3n) is 5.18. The molecule has 0 unspecified atom stereocenters. The van der Waals surface area contributed by atoms with E-state index in [9.17, 15) is 9.59 Å². The fourth-order valence-corrected chi connectivity index (χ4v) is 4.43. The lowest BCUT2D eigenvalue weighted by Crippen LogP contribution is -2.26. The summed E-state index contributed by atoms with van der Waals surface area (Å²) in [5.74, 6) is 0.672. The van der Waals surface area contributed by atoms with E-state index in [0.29, 0.717) is 33.3 Å². The summed E-state index contributed by atoms with van der Waals surface area (Å²) < 4.78 is 6.75. The van der Waals surface area contributed by atoms with Crippen LogP contribution in [0.15, 0.2) is 76.7 Å². The molecule has 0 aliphatic rings. The molecule has 0 spiro atoms. The Kier molecular flexibility index (Phi) is 7.01. The Balaban J connectivity index is 1.61. The second-order valence-corrected chi connectivity index (χ2v) is 8.70. The third kappa shape index (κ3) is 5.05. The summed E-state index contributed by atoms with van der Waals surface area (Å²) in [6.07, 6.45) is 0. The van der Waals surface area contributed by atoms with Crippen molar-refractivity contribution >= 4 is 40.2 Å². The molecule has 0 atom stereocenters. The highest BCUT2D eigenvalue weighted by Gasteiger charge is 2.17. The number of nitrogens with one attached hydrogen (secondary N) is 1. The summed E-state index contributed by atoms with van der Waals surface area (Å²) in [5.41, 5.74) is 2.72. The van der Waals surface area contributed by atoms with Crippen molar-refractivity contribution in [2.24, 2.45) is 0 Å². The SMILES string of the molecule is COc1cccc(CNC(=O)CSc2nc3ccccc3c(=O)n2-c2cccc(Cl)c2C)c1. The maximum absolute atomic E-state index is 13.4. The van der Waals surface area contributed by atoms with Gasteiger partial charge >= 0.3 is 0 Å². The number of benzene rings is 3. The number of halogens is 1. The Morgan fingerprint density at radius 1 is 1.12 bits per heavy atom. The highest BCUT2D eigenvalue weighted by Crippen LogP contribution is 2.26. The Morgan fingerprint density at radius 2 is 1.91 bits per heavy atom. The van der Waals surface area contributed by atoms with Crippen LogP contribution in [0.25, 0.3) is 16.6 Å². The highest BCUT2D eigenvalue weighted by molar-refractivity contribution is 7.99. The summed E-state index contributed by atoms with van der Waals surface area (Å²) >= 11 is 7.53. The maximum Gasteiger partial charge on any atom is 0.266 e. The number of carbonyl (C=O) groups excluding carboxylic acids is 1. The molecule has 0 fully saturated rings. The van der Waals surface area contributed by atoms with Crippen LogP contribution in [0.3, 0.4) is 0 Å². The fraction of sp³-hybridized carbons (Fsp3) is 0.160. The number of thioether (sulfide) groups is 1. The molecule has 6 nitrogen and oxygen atoms in total. The molecule has 8 heteroatoms. The van der Waals surface area contributed by atoms with E-state index in [-0.39, 0.29) is 17.2 Å². The van der Waals surface area contributed by atoms with Crippen LogP contribution in [-0.2, 0) is 11.3 Å². The molecule has 0 aliphatic carbocycles. The molecular weight excluding hydrogens is 458 g/mol. The quantitative estimate of drug-likeness (QED) is 0.305. The lowest BCUT2D eigenvalue weighted by molar-refractivity contribution is -0.118. The standard InChI is InChI=1S/C25H22ClN3O3S/c1-16-20(26)10-6-12-22(16)29-24(31)19-9-3-4-11-21(19)28-25(29)33-15-23(30)27-14-17-7-5-8-18(13-17)32-2/h3-13H,14-15H2,1-2H3,(H,27,30). The molecule has 168 valence electrons. The van der Waals surface area contributed by atoms with Crippen LogP contribution in [0, 0.1) is 6.92 Å². The van der Waals surface area contributed by atoms with Crippen LogP contribution < -0.4 is 15.6 Å². The number of nitrogens with zero attached hydrogens (tertiary/aromatic N) is 2. The molecular formula is C25H22ClN3O3S. The van der Waals surface area contributed by atoms with Gasteiger partial charge in [0.15, 0.2) is 5.16 Å². The number of rotatable bonds is 7. The minimum absolute atomic E-state index is 0.106. The first-order valence-corrected chi connectivity index (χ1v) is 11.6. The summed E-state index contributed by atoms with van der Waals surface area (Å²) in [6, 6.07) is 20.1. The number of fused-ring (bicyclic) bond motifs is 1. The van der Waals surface area contributed by atoms with Crippen LogP contribution in [-0.4, -0.2) is 28.3 Å². The minimum Gasteiger partial charge on any atom is -0.497 e. The van der Waals surface area contributed by atoms with E-state index in [2.05, 4.69) is 10.3 Å². The van der Waals surface area contributed by atoms with Crippen LogP contribution in [0.1, 0.15) is 11.1 Å². The number of hydrogen-bond acceptors (Lipinski definition) is 5. The topological polar surface area (TPSA) is 73.2 Å². The van der Waals surface area contributed by atoms with E-state index in [4.69, 9.17) is 16.3 Å². The van der Waals surface area contributed by atoms with E-state index in [1.54, 1.807) is 37.4 Å². The van der Waals surface area contributed by atoms with Gasteiger partial charge in [0.1, 0.15) is 5.75 Å². The van der Waals surface area contributed by atoms with E-state index >= 15 is 0 Å². The van der Waals surface area contributed by atoms with Gasteiger partial charge in [0.2, 0.25) is 5.91 Å². The molecule has 1 N–H and O–H groups in total. The molecule has 4 aromatic rings. The van der Waals surface area contributed by atoms with Crippen molar-refractivity contribution in [3.05, 3.63) is 93.2 Å². The summed E-state index contributed by atoms with van der Waals surface area (Å²) in [5, 5.41) is 4.39. The van der Waals surface area contributed by atoms with Gasteiger partial charge in [-0.15, -0.1) is 0 Å². The summed E-state index contributed by atoms with van der Waals surface area (Å²) in [4.78, 5) is 30.6. The Morgan fingerprint density at radius 3 is 2.73 bits per heavy atom. The molecule has 0 saturated heterocycles. The molecule has 0 saturated carbocycles. The van der Waals surface area contributed by atoms with Gasteiger partial charge in [-0.3, -0.25) is 14.2 Å². The van der Waals surface area contributed by atoms with Crippen LogP contribution in [0.2, 0.25) is 5.02 Å². The first kappa shape index (κ1) is 22.9. The van der Waals surface area contributed by atoms with E-state index in [0.717, 1.165) is 16.9 Å². The van der Waals surface area contributed by atoms with Gasteiger partial charge < -0.3 is 10.1 Å². The molecule has 4 rings (SSSR count). The first-order valence-electron chi connectivity index (χ1n) is 10.3.